The van der Waals surface area contributed by atoms with E-state index < -0.39 is 24.1 Å². The predicted octanol–water partition coefficient (Wildman–Crippen LogP) is 4.82. The number of hydrogen-bond donors (Lipinski definition) is 3. The molecule has 1 aliphatic heterocycles. The van der Waals surface area contributed by atoms with Crippen molar-refractivity contribution in [1.29, 1.82) is 0 Å². The van der Waals surface area contributed by atoms with E-state index in [4.69, 9.17) is 9.47 Å². The van der Waals surface area contributed by atoms with Crippen LogP contribution in [0, 0.1) is 11.7 Å². The fourth-order valence-electron chi connectivity index (χ4n) is 6.00. The number of halogens is 1. The molecule has 4 unspecified atom stereocenters. The Bertz CT molecular complexity index is 1660. The number of anilines is 1. The molecule has 2 amide bonds. The second kappa shape index (κ2) is 12.3. The van der Waals surface area contributed by atoms with Gasteiger partial charge in [0.25, 0.3) is 0 Å². The van der Waals surface area contributed by atoms with Crippen molar-refractivity contribution in [2.24, 2.45) is 5.92 Å². The number of ether oxygens (including phenoxy) is 2. The smallest absolute Gasteiger partial charge is 0.336 e. The number of carbonyl (C=O) groups excluding carboxylic acids is 1. The van der Waals surface area contributed by atoms with Crippen LogP contribution in [0.4, 0.5) is 15.0 Å². The molecule has 0 radical (unpaired) electrons. The summed E-state index contributed by atoms with van der Waals surface area (Å²) in [6.45, 7) is 2.27. The second-order valence-corrected chi connectivity index (χ2v) is 10.5. The molecular weight excluding hydrogens is 555 g/mol. The number of nitrogens with zero attached hydrogens (tertiary/aromatic N) is 4. The molecule has 2 aromatic carbocycles. The topological polar surface area (TPSA) is 140 Å². The number of carboxylic acid groups (broad SMARTS) is 1. The molecule has 2 aromatic heterocycles. The zero-order chi connectivity index (χ0) is 29.9. The number of amides is 2. The number of hydrogen-bond acceptors (Lipinski definition) is 7. The monoisotopic (exact) mass is 586 g/mol. The van der Waals surface area contributed by atoms with Crippen LogP contribution in [0.15, 0.2) is 67.3 Å². The van der Waals surface area contributed by atoms with E-state index in [1.165, 1.54) is 24.5 Å². The molecule has 3 N–H and O–H groups in total. The van der Waals surface area contributed by atoms with Crippen LogP contribution in [-0.4, -0.2) is 61.7 Å². The Morgan fingerprint density at radius 1 is 1.09 bits per heavy atom. The first-order valence-corrected chi connectivity index (χ1v) is 14.2. The van der Waals surface area contributed by atoms with Gasteiger partial charge in [-0.2, -0.15) is 0 Å². The van der Waals surface area contributed by atoms with Crippen molar-refractivity contribution in [2.75, 3.05) is 11.9 Å². The van der Waals surface area contributed by atoms with Crippen LogP contribution >= 0.6 is 0 Å². The van der Waals surface area contributed by atoms with E-state index in [1.807, 2.05) is 54.0 Å². The molecule has 222 valence electrons. The first kappa shape index (κ1) is 28.4. The molecule has 6 rings (SSSR count). The van der Waals surface area contributed by atoms with Crippen LogP contribution in [0.2, 0.25) is 0 Å². The van der Waals surface area contributed by atoms with Crippen LogP contribution in [0.25, 0.3) is 17.2 Å². The van der Waals surface area contributed by atoms with Crippen molar-refractivity contribution in [1.82, 2.24) is 24.8 Å². The Balaban J connectivity index is 1.29. The zero-order valence-electron chi connectivity index (χ0n) is 23.4. The highest BCUT2D eigenvalue weighted by molar-refractivity contribution is 5.95. The van der Waals surface area contributed by atoms with Crippen molar-refractivity contribution >= 4 is 35.1 Å². The molecular formula is C31H31FN6O5. The molecule has 1 saturated heterocycles. The standard InChI is InChI=1S/C31H31FN6O5/c1-2-33-31(41)37-28-25-29(35-16-34-28)38(17-36-25)23-15-19(12-13-20-21(30(39)40)9-6-10-22(20)32)26-27(23)43-24(42-26)14-11-18-7-4-3-5-8-18/h3-11,14,16-17,19,23-24,26-27H,2,12-13,15H2,1H3,(H,39,40)(H2,33,34,35,37,41)/t19?,23?,24-,26?,27?/m0/s1. The van der Waals surface area contributed by atoms with E-state index in [-0.39, 0.29) is 47.5 Å². The highest BCUT2D eigenvalue weighted by Crippen LogP contribution is 2.47. The lowest BCUT2D eigenvalue weighted by Gasteiger charge is -2.20. The van der Waals surface area contributed by atoms with Gasteiger partial charge in [0.15, 0.2) is 23.3 Å². The van der Waals surface area contributed by atoms with Gasteiger partial charge in [0, 0.05) is 12.1 Å². The van der Waals surface area contributed by atoms with Crippen LogP contribution in [-0.2, 0) is 15.9 Å². The number of rotatable bonds is 9. The van der Waals surface area contributed by atoms with Crippen molar-refractivity contribution in [3.63, 3.8) is 0 Å². The maximum Gasteiger partial charge on any atom is 0.336 e. The number of carbonyl (C=O) groups is 2. The molecule has 4 aromatic rings. The Morgan fingerprint density at radius 2 is 1.91 bits per heavy atom. The first-order chi connectivity index (χ1) is 20.9. The van der Waals surface area contributed by atoms with Gasteiger partial charge in [0.2, 0.25) is 0 Å². The number of fused-ring (bicyclic) bond motifs is 2. The molecule has 0 spiro atoms. The minimum atomic E-state index is -1.16. The van der Waals surface area contributed by atoms with Crippen LogP contribution in [0.5, 0.6) is 0 Å². The molecule has 43 heavy (non-hydrogen) atoms. The fraction of sp³-hybridized carbons (Fsp3) is 0.323. The summed E-state index contributed by atoms with van der Waals surface area (Å²) in [4.78, 5) is 37.1. The van der Waals surface area contributed by atoms with Gasteiger partial charge >= 0.3 is 12.0 Å². The molecule has 5 atom stereocenters. The minimum absolute atomic E-state index is 0.0391. The fourth-order valence-corrected chi connectivity index (χ4v) is 6.00. The number of aromatic carboxylic acids is 1. The molecule has 3 heterocycles. The number of carboxylic acids is 1. The zero-order valence-corrected chi connectivity index (χ0v) is 23.4. The number of benzene rings is 2. The molecule has 1 aliphatic carbocycles. The number of imidazole rings is 1. The third kappa shape index (κ3) is 5.84. The summed E-state index contributed by atoms with van der Waals surface area (Å²) in [6.07, 6.45) is 6.84. The summed E-state index contributed by atoms with van der Waals surface area (Å²) in [6, 6.07) is 13.3. The van der Waals surface area contributed by atoms with Gasteiger partial charge in [-0.15, -0.1) is 0 Å². The predicted molar refractivity (Wildman–Crippen MR) is 156 cm³/mol. The van der Waals surface area contributed by atoms with Crippen molar-refractivity contribution in [3.8, 4) is 0 Å². The normalized spacial score (nSPS) is 23.1. The first-order valence-electron chi connectivity index (χ1n) is 14.2. The average Bonchev–Trinajstić information content (AvgIpc) is 3.70. The van der Waals surface area contributed by atoms with Gasteiger partial charge in [-0.3, -0.25) is 5.32 Å². The van der Waals surface area contributed by atoms with Gasteiger partial charge < -0.3 is 24.5 Å². The van der Waals surface area contributed by atoms with E-state index in [0.29, 0.717) is 30.6 Å². The van der Waals surface area contributed by atoms with E-state index in [1.54, 1.807) is 6.33 Å². The molecule has 0 bridgehead atoms. The van der Waals surface area contributed by atoms with Gasteiger partial charge in [0.1, 0.15) is 18.2 Å². The number of aromatic nitrogens is 4. The molecule has 2 fully saturated rings. The largest absolute Gasteiger partial charge is 0.478 e. The summed E-state index contributed by atoms with van der Waals surface area (Å²) < 4.78 is 29.5. The maximum atomic E-state index is 14.7. The molecule has 12 heteroatoms. The highest BCUT2D eigenvalue weighted by Gasteiger charge is 2.51. The van der Waals surface area contributed by atoms with Crippen molar-refractivity contribution < 1.29 is 28.6 Å². The Labute approximate surface area is 246 Å². The lowest BCUT2D eigenvalue weighted by molar-refractivity contribution is -0.0506. The summed E-state index contributed by atoms with van der Waals surface area (Å²) in [7, 11) is 0. The quantitative estimate of drug-likeness (QED) is 0.254. The van der Waals surface area contributed by atoms with Crippen LogP contribution in [0.3, 0.4) is 0 Å². The van der Waals surface area contributed by atoms with E-state index in [2.05, 4.69) is 25.6 Å². The van der Waals surface area contributed by atoms with E-state index in [9.17, 15) is 19.1 Å². The lowest BCUT2D eigenvalue weighted by atomic mass is 9.93. The second-order valence-electron chi connectivity index (χ2n) is 10.5. The molecule has 2 aliphatic rings. The van der Waals surface area contributed by atoms with Gasteiger partial charge in [-0.25, -0.2) is 28.9 Å². The van der Waals surface area contributed by atoms with Crippen LogP contribution in [0.1, 0.15) is 47.3 Å². The third-order valence-corrected chi connectivity index (χ3v) is 7.94. The van der Waals surface area contributed by atoms with Crippen molar-refractivity contribution in [3.05, 3.63) is 89.8 Å². The summed E-state index contributed by atoms with van der Waals surface area (Å²) in [5, 5.41) is 15.0. The average molecular weight is 587 g/mol. The van der Waals surface area contributed by atoms with Gasteiger partial charge in [-0.05, 0) is 55.9 Å². The molecule has 1 saturated carbocycles. The SMILES string of the molecule is CCNC(=O)Nc1ncnc2c1ncn2C1CC(CCc2c(F)cccc2C(=O)O)C2O[C@H](C=Cc3ccccc3)OC21. The molecule has 11 nitrogen and oxygen atoms in total. The van der Waals surface area contributed by atoms with E-state index in [0.717, 1.165) is 5.56 Å². The third-order valence-electron chi connectivity index (χ3n) is 7.94. The van der Waals surface area contributed by atoms with Crippen LogP contribution < -0.4 is 10.6 Å². The van der Waals surface area contributed by atoms with Crippen molar-refractivity contribution in [2.45, 2.75) is 50.7 Å². The Hall–Kier alpha value is -4.68. The minimum Gasteiger partial charge on any atom is -0.478 e. The number of urea groups is 1. The Kier molecular flexibility index (Phi) is 8.12. The van der Waals surface area contributed by atoms with Gasteiger partial charge in [-0.1, -0.05) is 42.5 Å². The maximum absolute atomic E-state index is 14.7. The van der Waals surface area contributed by atoms with E-state index >= 15 is 0 Å². The lowest BCUT2D eigenvalue weighted by Crippen LogP contribution is -2.28. The summed E-state index contributed by atoms with van der Waals surface area (Å²) >= 11 is 0. The highest BCUT2D eigenvalue weighted by atomic mass is 19.1. The summed E-state index contributed by atoms with van der Waals surface area (Å²) in [5.41, 5.74) is 2.11. The summed E-state index contributed by atoms with van der Waals surface area (Å²) in [5.74, 6) is -1.49. The Morgan fingerprint density at radius 3 is 2.70 bits per heavy atom. The number of nitrogens with one attached hydrogen (secondary N) is 2. The van der Waals surface area contributed by atoms with Gasteiger partial charge in [0.05, 0.1) is 24.0 Å².